The Bertz CT molecular complexity index is 256. The summed E-state index contributed by atoms with van der Waals surface area (Å²) in [5.74, 6) is 0. The first-order valence-electron chi connectivity index (χ1n) is 5.50. The van der Waals surface area contributed by atoms with Gasteiger partial charge in [-0.25, -0.2) is 0 Å². The van der Waals surface area contributed by atoms with Crippen LogP contribution >= 0.6 is 0 Å². The predicted octanol–water partition coefficient (Wildman–Crippen LogP) is 3.45. The number of allylic oxidation sites excluding steroid dienone is 3. The van der Waals surface area contributed by atoms with E-state index < -0.39 is 0 Å². The highest BCUT2D eigenvalue weighted by Gasteiger charge is 2.26. The zero-order chi connectivity index (χ0) is 10.8. The second-order valence-electron chi connectivity index (χ2n) is 5.03. The molecule has 0 aliphatic heterocycles. The number of aliphatic hydroxyl groups is 1. The van der Waals surface area contributed by atoms with Crippen molar-refractivity contribution in [1.29, 1.82) is 0 Å². The highest BCUT2D eigenvalue weighted by atomic mass is 16.3. The van der Waals surface area contributed by atoms with E-state index in [4.69, 9.17) is 0 Å². The molecule has 14 heavy (non-hydrogen) atoms. The van der Waals surface area contributed by atoms with Crippen LogP contribution in [0.2, 0.25) is 0 Å². The predicted molar refractivity (Wildman–Crippen MR) is 61.2 cm³/mol. The summed E-state index contributed by atoms with van der Waals surface area (Å²) >= 11 is 0. The van der Waals surface area contributed by atoms with Gasteiger partial charge in [0.05, 0.1) is 6.10 Å². The fraction of sp³-hybridized carbons (Fsp3) is 0.692. The van der Waals surface area contributed by atoms with Crippen molar-refractivity contribution in [2.45, 2.75) is 53.1 Å². The zero-order valence-electron chi connectivity index (χ0n) is 9.80. The smallest absolute Gasteiger partial charge is 0.0695 e. The Balaban J connectivity index is 2.91. The molecule has 0 aromatic rings. The first-order chi connectivity index (χ1) is 6.43. The summed E-state index contributed by atoms with van der Waals surface area (Å²) in [4.78, 5) is 0. The van der Waals surface area contributed by atoms with E-state index in [-0.39, 0.29) is 11.5 Å². The van der Waals surface area contributed by atoms with Crippen LogP contribution < -0.4 is 0 Å². The number of hydrogen-bond donors (Lipinski definition) is 1. The molecule has 80 valence electrons. The lowest BCUT2D eigenvalue weighted by Gasteiger charge is -2.33. The van der Waals surface area contributed by atoms with Gasteiger partial charge < -0.3 is 5.11 Å². The topological polar surface area (TPSA) is 20.2 Å². The highest BCUT2D eigenvalue weighted by molar-refractivity contribution is 5.32. The number of hydrogen-bond acceptors (Lipinski definition) is 1. The summed E-state index contributed by atoms with van der Waals surface area (Å²) in [6.45, 7) is 8.58. The molecule has 0 aromatic heterocycles. The van der Waals surface area contributed by atoms with Gasteiger partial charge in [-0.3, -0.25) is 0 Å². The van der Waals surface area contributed by atoms with Crippen LogP contribution in [-0.2, 0) is 0 Å². The van der Waals surface area contributed by atoms with E-state index in [9.17, 15) is 5.11 Å². The SMILES string of the molecule is CC1=C(C=CC(C)O)C(C)(C)CCC1. The Kier molecular flexibility index (Phi) is 3.54. The summed E-state index contributed by atoms with van der Waals surface area (Å²) in [7, 11) is 0. The van der Waals surface area contributed by atoms with Gasteiger partial charge in [0.1, 0.15) is 0 Å². The maximum atomic E-state index is 9.23. The molecule has 1 N–H and O–H groups in total. The molecule has 0 amide bonds. The lowest BCUT2D eigenvalue weighted by atomic mass is 9.72. The van der Waals surface area contributed by atoms with Gasteiger partial charge in [-0.1, -0.05) is 31.6 Å². The van der Waals surface area contributed by atoms with Crippen LogP contribution in [-0.4, -0.2) is 11.2 Å². The molecular formula is C13H22O. The Hall–Kier alpha value is -0.560. The Morgan fingerprint density at radius 3 is 2.57 bits per heavy atom. The van der Waals surface area contributed by atoms with E-state index >= 15 is 0 Å². The maximum absolute atomic E-state index is 9.23. The molecule has 0 saturated heterocycles. The number of rotatable bonds is 2. The fourth-order valence-corrected chi connectivity index (χ4v) is 2.25. The van der Waals surface area contributed by atoms with E-state index in [0.717, 1.165) is 0 Å². The lowest BCUT2D eigenvalue weighted by Crippen LogP contribution is -2.19. The molecule has 1 rings (SSSR count). The van der Waals surface area contributed by atoms with E-state index in [1.165, 1.54) is 30.4 Å². The van der Waals surface area contributed by atoms with Crippen molar-refractivity contribution in [1.82, 2.24) is 0 Å². The van der Waals surface area contributed by atoms with Crippen LogP contribution in [0, 0.1) is 5.41 Å². The van der Waals surface area contributed by atoms with Crippen molar-refractivity contribution in [3.63, 3.8) is 0 Å². The Morgan fingerprint density at radius 1 is 1.43 bits per heavy atom. The molecule has 0 heterocycles. The molecular weight excluding hydrogens is 172 g/mol. The Labute approximate surface area is 87.5 Å². The molecule has 1 nitrogen and oxygen atoms in total. The van der Waals surface area contributed by atoms with Gasteiger partial charge >= 0.3 is 0 Å². The van der Waals surface area contributed by atoms with E-state index in [1.807, 2.05) is 6.08 Å². The third kappa shape index (κ3) is 2.71. The van der Waals surface area contributed by atoms with E-state index in [1.54, 1.807) is 6.92 Å². The molecule has 1 unspecified atom stereocenters. The summed E-state index contributed by atoms with van der Waals surface area (Å²) < 4.78 is 0. The van der Waals surface area contributed by atoms with Gasteiger partial charge in [-0.15, -0.1) is 0 Å². The minimum Gasteiger partial charge on any atom is -0.389 e. The van der Waals surface area contributed by atoms with Gasteiger partial charge in [0.15, 0.2) is 0 Å². The minimum absolute atomic E-state index is 0.285. The Morgan fingerprint density at radius 2 is 2.07 bits per heavy atom. The van der Waals surface area contributed by atoms with Crippen LogP contribution in [0.3, 0.4) is 0 Å². The summed E-state index contributed by atoms with van der Waals surface area (Å²) in [5.41, 5.74) is 3.19. The van der Waals surface area contributed by atoms with Gasteiger partial charge in [0.2, 0.25) is 0 Å². The first-order valence-corrected chi connectivity index (χ1v) is 5.50. The lowest BCUT2D eigenvalue weighted by molar-refractivity contribution is 0.243. The van der Waals surface area contributed by atoms with Gasteiger partial charge in [0, 0.05) is 0 Å². The third-order valence-electron chi connectivity index (χ3n) is 3.08. The van der Waals surface area contributed by atoms with Crippen LogP contribution in [0.5, 0.6) is 0 Å². The van der Waals surface area contributed by atoms with Gasteiger partial charge in [0.25, 0.3) is 0 Å². The second-order valence-corrected chi connectivity index (χ2v) is 5.03. The molecule has 1 heteroatoms. The molecule has 0 bridgehead atoms. The van der Waals surface area contributed by atoms with Crippen LogP contribution in [0.4, 0.5) is 0 Å². The van der Waals surface area contributed by atoms with Crippen molar-refractivity contribution in [2.24, 2.45) is 5.41 Å². The molecule has 0 aromatic carbocycles. The van der Waals surface area contributed by atoms with Gasteiger partial charge in [-0.2, -0.15) is 0 Å². The van der Waals surface area contributed by atoms with E-state index in [2.05, 4.69) is 26.8 Å². The molecule has 1 aliphatic carbocycles. The van der Waals surface area contributed by atoms with Crippen LogP contribution in [0.1, 0.15) is 47.0 Å². The quantitative estimate of drug-likeness (QED) is 0.714. The minimum atomic E-state index is -0.340. The van der Waals surface area contributed by atoms with Crippen molar-refractivity contribution >= 4 is 0 Å². The summed E-state index contributed by atoms with van der Waals surface area (Å²) in [6, 6.07) is 0. The molecule has 1 atom stereocenters. The summed E-state index contributed by atoms with van der Waals surface area (Å²) in [6.07, 6.45) is 7.41. The monoisotopic (exact) mass is 194 g/mol. The largest absolute Gasteiger partial charge is 0.389 e. The van der Waals surface area contributed by atoms with Crippen LogP contribution in [0.25, 0.3) is 0 Å². The molecule has 0 spiro atoms. The number of aliphatic hydroxyl groups excluding tert-OH is 1. The van der Waals surface area contributed by atoms with Crippen LogP contribution in [0.15, 0.2) is 23.3 Å². The molecule has 0 radical (unpaired) electrons. The summed E-state index contributed by atoms with van der Waals surface area (Å²) in [5, 5.41) is 9.23. The van der Waals surface area contributed by atoms with Crippen molar-refractivity contribution in [3.05, 3.63) is 23.3 Å². The fourth-order valence-electron chi connectivity index (χ4n) is 2.25. The van der Waals surface area contributed by atoms with Crippen molar-refractivity contribution in [2.75, 3.05) is 0 Å². The highest BCUT2D eigenvalue weighted by Crippen LogP contribution is 2.40. The maximum Gasteiger partial charge on any atom is 0.0695 e. The zero-order valence-corrected chi connectivity index (χ0v) is 9.80. The first kappa shape index (κ1) is 11.5. The average Bonchev–Trinajstić information content (AvgIpc) is 2.01. The molecule has 0 saturated carbocycles. The third-order valence-corrected chi connectivity index (χ3v) is 3.08. The normalized spacial score (nSPS) is 24.4. The van der Waals surface area contributed by atoms with E-state index in [0.29, 0.717) is 0 Å². The standard InChI is InChI=1S/C13H22O/c1-10-6-5-9-13(3,4)12(10)8-7-11(2)14/h7-8,11,14H,5-6,9H2,1-4H3. The van der Waals surface area contributed by atoms with Crippen molar-refractivity contribution < 1.29 is 5.11 Å². The average molecular weight is 194 g/mol. The van der Waals surface area contributed by atoms with Gasteiger partial charge in [-0.05, 0) is 44.1 Å². The second kappa shape index (κ2) is 4.31. The molecule has 1 aliphatic rings. The molecule has 0 fully saturated rings. The van der Waals surface area contributed by atoms with Crippen molar-refractivity contribution in [3.8, 4) is 0 Å².